The van der Waals surface area contributed by atoms with Crippen molar-refractivity contribution in [3.8, 4) is 0 Å². The lowest BCUT2D eigenvalue weighted by molar-refractivity contribution is 0.0383. The molecule has 2 aromatic rings. The van der Waals surface area contributed by atoms with Crippen molar-refractivity contribution in [2.75, 3.05) is 45.9 Å². The lowest BCUT2D eigenvalue weighted by Crippen LogP contribution is -2.41. The van der Waals surface area contributed by atoms with Gasteiger partial charge < -0.3 is 15.4 Å². The number of pyridine rings is 1. The summed E-state index contributed by atoms with van der Waals surface area (Å²) < 4.78 is 5.32. The number of nitrogens with one attached hydrogen (secondary N) is 2. The fourth-order valence-electron chi connectivity index (χ4n) is 3.18. The number of carbonyl (C=O) groups excluding carboxylic acids is 2. The van der Waals surface area contributed by atoms with Crippen LogP contribution in [0.25, 0.3) is 0 Å². The number of ether oxygens (including phenoxy) is 1. The van der Waals surface area contributed by atoms with E-state index < -0.39 is 0 Å². The summed E-state index contributed by atoms with van der Waals surface area (Å²) in [5, 5.41) is 5.77. The van der Waals surface area contributed by atoms with E-state index in [0.717, 1.165) is 45.7 Å². The molecule has 1 aromatic carbocycles. The SMILES string of the molecule is O=C(NCCN1CCOCC1)c1ccnc(C(=O)NCCCc2ccccc2)c1. The van der Waals surface area contributed by atoms with Gasteiger partial charge in [-0.3, -0.25) is 19.5 Å². The third-order valence-corrected chi connectivity index (χ3v) is 4.84. The lowest BCUT2D eigenvalue weighted by Gasteiger charge is -2.26. The maximum atomic E-state index is 12.4. The molecule has 0 unspecified atom stereocenters. The van der Waals surface area contributed by atoms with E-state index >= 15 is 0 Å². The highest BCUT2D eigenvalue weighted by atomic mass is 16.5. The van der Waals surface area contributed by atoms with Crippen LogP contribution in [-0.4, -0.2) is 67.6 Å². The van der Waals surface area contributed by atoms with Crippen LogP contribution in [0.5, 0.6) is 0 Å². The fraction of sp³-hybridized carbons (Fsp3) is 0.409. The van der Waals surface area contributed by atoms with E-state index in [2.05, 4.69) is 32.7 Å². The first kappa shape index (κ1) is 21.0. The van der Waals surface area contributed by atoms with Gasteiger partial charge in [-0.1, -0.05) is 30.3 Å². The van der Waals surface area contributed by atoms with E-state index in [0.29, 0.717) is 18.7 Å². The maximum Gasteiger partial charge on any atom is 0.269 e. The molecule has 7 heteroatoms. The Morgan fingerprint density at radius 2 is 1.76 bits per heavy atom. The number of carbonyl (C=O) groups is 2. The van der Waals surface area contributed by atoms with Crippen LogP contribution in [0.2, 0.25) is 0 Å². The quantitative estimate of drug-likeness (QED) is 0.628. The summed E-state index contributed by atoms with van der Waals surface area (Å²) in [6, 6.07) is 13.3. The van der Waals surface area contributed by atoms with Gasteiger partial charge in [-0.25, -0.2) is 0 Å². The van der Waals surface area contributed by atoms with Crippen LogP contribution in [0.3, 0.4) is 0 Å². The van der Waals surface area contributed by atoms with Crippen LogP contribution in [0.1, 0.15) is 32.8 Å². The van der Waals surface area contributed by atoms with Gasteiger partial charge in [0, 0.05) is 44.5 Å². The molecule has 0 aliphatic carbocycles. The van der Waals surface area contributed by atoms with Gasteiger partial charge in [-0.15, -0.1) is 0 Å². The van der Waals surface area contributed by atoms with Crippen LogP contribution in [0.15, 0.2) is 48.7 Å². The molecule has 0 spiro atoms. The zero-order chi connectivity index (χ0) is 20.3. The van der Waals surface area contributed by atoms with Crippen molar-refractivity contribution in [2.24, 2.45) is 0 Å². The van der Waals surface area contributed by atoms with Gasteiger partial charge in [0.05, 0.1) is 13.2 Å². The standard InChI is InChI=1S/C22H28N4O3/c27-21(25-11-12-26-13-15-29-16-14-26)19-8-10-23-20(17-19)22(28)24-9-4-7-18-5-2-1-3-6-18/h1-3,5-6,8,10,17H,4,7,9,11-16H2,(H,24,28)(H,25,27). The minimum atomic E-state index is -0.263. The number of aryl methyl sites for hydroxylation is 1. The van der Waals surface area contributed by atoms with Crippen molar-refractivity contribution in [3.63, 3.8) is 0 Å². The Morgan fingerprint density at radius 1 is 1.00 bits per heavy atom. The van der Waals surface area contributed by atoms with E-state index in [-0.39, 0.29) is 17.5 Å². The molecule has 7 nitrogen and oxygen atoms in total. The Bertz CT molecular complexity index is 792. The first-order valence-corrected chi connectivity index (χ1v) is 10.1. The Labute approximate surface area is 171 Å². The largest absolute Gasteiger partial charge is 0.379 e. The molecule has 1 aliphatic heterocycles. The van der Waals surface area contributed by atoms with Gasteiger partial charge in [-0.05, 0) is 30.5 Å². The first-order chi connectivity index (χ1) is 14.2. The molecule has 1 aromatic heterocycles. The van der Waals surface area contributed by atoms with Gasteiger partial charge in [0.15, 0.2) is 0 Å². The average Bonchev–Trinajstić information content (AvgIpc) is 2.78. The summed E-state index contributed by atoms with van der Waals surface area (Å²) in [5.41, 5.74) is 1.94. The second-order valence-electron chi connectivity index (χ2n) is 6.98. The van der Waals surface area contributed by atoms with Gasteiger partial charge in [-0.2, -0.15) is 0 Å². The monoisotopic (exact) mass is 396 g/mol. The topological polar surface area (TPSA) is 83.6 Å². The molecule has 0 atom stereocenters. The average molecular weight is 396 g/mol. The van der Waals surface area contributed by atoms with Crippen LogP contribution >= 0.6 is 0 Å². The predicted molar refractivity (Wildman–Crippen MR) is 111 cm³/mol. The van der Waals surface area contributed by atoms with Gasteiger partial charge in [0.25, 0.3) is 11.8 Å². The van der Waals surface area contributed by atoms with Crippen molar-refractivity contribution < 1.29 is 14.3 Å². The Morgan fingerprint density at radius 3 is 2.55 bits per heavy atom. The van der Waals surface area contributed by atoms with Gasteiger partial charge in [0.2, 0.25) is 0 Å². The summed E-state index contributed by atoms with van der Waals surface area (Å²) >= 11 is 0. The maximum absolute atomic E-state index is 12.4. The number of morpholine rings is 1. The molecular weight excluding hydrogens is 368 g/mol. The molecule has 0 saturated carbocycles. The zero-order valence-electron chi connectivity index (χ0n) is 16.6. The van der Waals surface area contributed by atoms with E-state index in [4.69, 9.17) is 4.74 Å². The summed E-state index contributed by atoms with van der Waals surface area (Å²) in [6.45, 7) is 5.16. The number of amides is 2. The molecule has 2 amide bonds. The second kappa shape index (κ2) is 11.3. The highest BCUT2D eigenvalue weighted by molar-refractivity contribution is 5.98. The summed E-state index contributed by atoms with van der Waals surface area (Å²) in [4.78, 5) is 31.0. The number of benzene rings is 1. The molecule has 0 bridgehead atoms. The number of rotatable bonds is 9. The second-order valence-corrected chi connectivity index (χ2v) is 6.98. The van der Waals surface area contributed by atoms with E-state index in [1.807, 2.05) is 18.2 Å². The summed E-state index contributed by atoms with van der Waals surface area (Å²) in [7, 11) is 0. The summed E-state index contributed by atoms with van der Waals surface area (Å²) in [6.07, 6.45) is 3.24. The van der Waals surface area contributed by atoms with Crippen molar-refractivity contribution in [1.82, 2.24) is 20.5 Å². The van der Waals surface area contributed by atoms with E-state index in [1.165, 1.54) is 17.8 Å². The molecule has 2 N–H and O–H groups in total. The fourth-order valence-corrected chi connectivity index (χ4v) is 3.18. The van der Waals surface area contributed by atoms with E-state index in [1.54, 1.807) is 6.07 Å². The third kappa shape index (κ3) is 6.96. The van der Waals surface area contributed by atoms with Crippen LogP contribution in [-0.2, 0) is 11.2 Å². The van der Waals surface area contributed by atoms with Crippen molar-refractivity contribution in [3.05, 3.63) is 65.5 Å². The minimum absolute atomic E-state index is 0.196. The first-order valence-electron chi connectivity index (χ1n) is 10.1. The van der Waals surface area contributed by atoms with Crippen LogP contribution in [0, 0.1) is 0 Å². The molecule has 1 aliphatic rings. The molecular formula is C22H28N4O3. The molecule has 1 saturated heterocycles. The number of aromatic nitrogens is 1. The smallest absolute Gasteiger partial charge is 0.269 e. The Balaban J connectivity index is 1.41. The number of nitrogens with zero attached hydrogens (tertiary/aromatic N) is 2. The van der Waals surface area contributed by atoms with Gasteiger partial charge in [0.1, 0.15) is 5.69 Å². The lowest BCUT2D eigenvalue weighted by atomic mass is 10.1. The normalized spacial score (nSPS) is 14.3. The van der Waals surface area contributed by atoms with Crippen LogP contribution in [0.4, 0.5) is 0 Å². The van der Waals surface area contributed by atoms with Crippen molar-refractivity contribution in [1.29, 1.82) is 0 Å². The third-order valence-electron chi connectivity index (χ3n) is 4.84. The Kier molecular flexibility index (Phi) is 8.15. The molecule has 1 fully saturated rings. The highest BCUT2D eigenvalue weighted by Crippen LogP contribution is 2.04. The van der Waals surface area contributed by atoms with Crippen LogP contribution < -0.4 is 10.6 Å². The molecule has 3 rings (SSSR count). The van der Waals surface area contributed by atoms with E-state index in [9.17, 15) is 9.59 Å². The van der Waals surface area contributed by atoms with Crippen molar-refractivity contribution in [2.45, 2.75) is 12.8 Å². The number of hydrogen-bond acceptors (Lipinski definition) is 5. The minimum Gasteiger partial charge on any atom is -0.379 e. The van der Waals surface area contributed by atoms with Crippen molar-refractivity contribution >= 4 is 11.8 Å². The van der Waals surface area contributed by atoms with Gasteiger partial charge >= 0.3 is 0 Å². The molecule has 29 heavy (non-hydrogen) atoms. The predicted octanol–water partition coefficient (Wildman–Crippen LogP) is 1.51. The number of hydrogen-bond donors (Lipinski definition) is 2. The molecule has 2 heterocycles. The summed E-state index contributed by atoms with van der Waals surface area (Å²) in [5.74, 6) is -0.459. The zero-order valence-corrected chi connectivity index (χ0v) is 16.6. The molecule has 154 valence electrons. The Hall–Kier alpha value is -2.77. The molecule has 0 radical (unpaired) electrons. The highest BCUT2D eigenvalue weighted by Gasteiger charge is 2.13.